The van der Waals surface area contributed by atoms with Gasteiger partial charge in [-0.1, -0.05) is 91.9 Å². The number of carbonyl (C=O) groups is 3. The van der Waals surface area contributed by atoms with E-state index in [-0.39, 0.29) is 48.9 Å². The number of ether oxygens (including phenoxy) is 2. The highest BCUT2D eigenvalue weighted by molar-refractivity contribution is 6.91. The topological polar surface area (TPSA) is 129 Å². The first kappa shape index (κ1) is 37.5. The molecule has 0 radical (unpaired) electrons. The van der Waals surface area contributed by atoms with E-state index in [4.69, 9.17) is 9.47 Å². The van der Waals surface area contributed by atoms with Gasteiger partial charge in [-0.25, -0.2) is 0 Å². The number of aliphatic hydroxyl groups excluding tert-OH is 2. The van der Waals surface area contributed by atoms with Crippen LogP contribution >= 0.6 is 0 Å². The van der Waals surface area contributed by atoms with E-state index in [0.717, 1.165) is 33.7 Å². The molecule has 1 saturated heterocycles. The molecule has 3 amide bonds. The lowest BCUT2D eigenvalue weighted by Crippen LogP contribution is -2.52. The molecule has 0 saturated carbocycles. The molecule has 4 aromatic carbocycles. The number of nitrogens with one attached hydrogen (secondary N) is 1. The molecule has 3 aliphatic rings. The second kappa shape index (κ2) is 14.8. The van der Waals surface area contributed by atoms with Gasteiger partial charge in [-0.05, 0) is 65.9 Å². The van der Waals surface area contributed by atoms with Crippen molar-refractivity contribution in [1.29, 1.82) is 0 Å². The second-order valence-corrected chi connectivity index (χ2v) is 20.2. The average molecular weight is 748 g/mol. The molecule has 6 atom stereocenters. The lowest BCUT2D eigenvalue weighted by molar-refractivity contribution is -0.151. The molecule has 3 N–H and O–H groups in total. The predicted molar refractivity (Wildman–Crippen MR) is 210 cm³/mol. The fraction of sp³-hybridized carbons (Fsp3) is 0.372. The van der Waals surface area contributed by atoms with Crippen molar-refractivity contribution in [2.75, 3.05) is 23.9 Å². The van der Waals surface area contributed by atoms with Crippen LogP contribution in [0.15, 0.2) is 97.1 Å². The number of fused-ring (bicyclic) bond motifs is 3. The molecule has 0 aromatic heterocycles. The van der Waals surface area contributed by atoms with Crippen LogP contribution < -0.4 is 20.1 Å². The molecule has 3 aliphatic heterocycles. The third-order valence-corrected chi connectivity index (χ3v) is 16.3. The molecule has 7 rings (SSSR count). The highest BCUT2D eigenvalue weighted by atomic mass is 28.3. The van der Waals surface area contributed by atoms with Crippen LogP contribution in [0.4, 0.5) is 11.4 Å². The number of methoxy groups -OCH3 is 1. The summed E-state index contributed by atoms with van der Waals surface area (Å²) in [5.74, 6) is -0.350. The quantitative estimate of drug-likeness (QED) is 0.193. The Labute approximate surface area is 317 Å². The van der Waals surface area contributed by atoms with Crippen LogP contribution in [-0.2, 0) is 44.2 Å². The van der Waals surface area contributed by atoms with Crippen molar-refractivity contribution < 1.29 is 34.1 Å². The first-order valence-electron chi connectivity index (χ1n) is 18.7. The summed E-state index contributed by atoms with van der Waals surface area (Å²) in [5, 5.41) is 24.1. The minimum Gasteiger partial charge on any atom is -0.497 e. The highest BCUT2D eigenvalue weighted by Crippen LogP contribution is 2.60. The maximum atomic E-state index is 15.2. The molecule has 10 nitrogen and oxygen atoms in total. The number of hydrogen-bond acceptors (Lipinski definition) is 7. The number of hydrogen-bond donors (Lipinski definition) is 3. The number of para-hydroxylation sites is 1. The van der Waals surface area contributed by atoms with Crippen molar-refractivity contribution in [3.05, 3.63) is 119 Å². The van der Waals surface area contributed by atoms with Gasteiger partial charge in [0.05, 0.1) is 52.6 Å². The minimum atomic E-state index is -2.51. The summed E-state index contributed by atoms with van der Waals surface area (Å²) >= 11 is 0. The van der Waals surface area contributed by atoms with E-state index in [1.807, 2.05) is 66.7 Å². The number of aliphatic hydroxyl groups is 2. The third-order valence-electron chi connectivity index (χ3n) is 11.9. The smallest absolute Gasteiger partial charge is 0.264 e. The van der Waals surface area contributed by atoms with Crippen LogP contribution in [0.1, 0.15) is 42.5 Å². The first-order chi connectivity index (χ1) is 25.9. The number of rotatable bonds is 10. The fourth-order valence-electron chi connectivity index (χ4n) is 9.13. The maximum absolute atomic E-state index is 15.2. The van der Waals surface area contributed by atoms with Gasteiger partial charge in [0.15, 0.2) is 5.60 Å². The van der Waals surface area contributed by atoms with Crippen molar-refractivity contribution in [3.8, 4) is 5.75 Å². The van der Waals surface area contributed by atoms with Gasteiger partial charge in [0, 0.05) is 23.7 Å². The van der Waals surface area contributed by atoms with Crippen LogP contribution in [0.5, 0.6) is 5.75 Å². The SMILES string of the molecule is COc1ccc([Si](C)(C)[C@@H]2[C@@H](CC(=O)N3Cc4ccccc4C[C@H]3CO)O[C@]3(C(=O)N(Cc4cccc(NC(=O)[C@H](C)O)c4)c4ccccc43)[C@H]2C)cc1. The van der Waals surface area contributed by atoms with Gasteiger partial charge >= 0.3 is 0 Å². The summed E-state index contributed by atoms with van der Waals surface area (Å²) in [6, 6.07) is 30.8. The average Bonchev–Trinajstić information content (AvgIpc) is 3.60. The monoisotopic (exact) mass is 747 g/mol. The minimum absolute atomic E-state index is 0.0719. The number of benzene rings is 4. The molecule has 282 valence electrons. The lowest BCUT2D eigenvalue weighted by atomic mass is 9.82. The van der Waals surface area contributed by atoms with E-state index in [0.29, 0.717) is 18.7 Å². The van der Waals surface area contributed by atoms with Crippen molar-refractivity contribution in [1.82, 2.24) is 4.90 Å². The van der Waals surface area contributed by atoms with Gasteiger partial charge in [-0.3, -0.25) is 14.4 Å². The summed E-state index contributed by atoms with van der Waals surface area (Å²) in [4.78, 5) is 45.5. The van der Waals surface area contributed by atoms with Crippen molar-refractivity contribution in [2.45, 2.75) is 82.3 Å². The van der Waals surface area contributed by atoms with E-state index in [1.54, 1.807) is 29.0 Å². The molecule has 0 unspecified atom stereocenters. The van der Waals surface area contributed by atoms with E-state index >= 15 is 4.79 Å². The molecule has 0 aliphatic carbocycles. The molecule has 3 heterocycles. The van der Waals surface area contributed by atoms with Crippen LogP contribution in [0.3, 0.4) is 0 Å². The van der Waals surface area contributed by atoms with E-state index in [1.165, 1.54) is 12.1 Å². The molecule has 54 heavy (non-hydrogen) atoms. The largest absolute Gasteiger partial charge is 0.497 e. The van der Waals surface area contributed by atoms with Crippen molar-refractivity contribution in [2.24, 2.45) is 5.92 Å². The Bertz CT molecular complexity index is 2050. The summed E-state index contributed by atoms with van der Waals surface area (Å²) < 4.78 is 12.7. The van der Waals surface area contributed by atoms with E-state index in [2.05, 4.69) is 43.5 Å². The third kappa shape index (κ3) is 6.53. The van der Waals surface area contributed by atoms with Crippen LogP contribution in [-0.4, -0.2) is 72.9 Å². The predicted octanol–water partition coefficient (Wildman–Crippen LogP) is 5.11. The zero-order chi connectivity index (χ0) is 38.4. The van der Waals surface area contributed by atoms with Gasteiger partial charge in [-0.15, -0.1) is 0 Å². The Morgan fingerprint density at radius 3 is 2.41 bits per heavy atom. The Balaban J connectivity index is 1.26. The van der Waals surface area contributed by atoms with Gasteiger partial charge < -0.3 is 34.8 Å². The Hall–Kier alpha value is -4.81. The summed E-state index contributed by atoms with van der Waals surface area (Å²) in [7, 11) is -0.869. The van der Waals surface area contributed by atoms with Crippen LogP contribution in [0.2, 0.25) is 18.6 Å². The standard InChI is InChI=1S/C43H49N3O7Si/c1-27-40(54(4,5)35-19-17-34(52-3)18-20-35)38(23-39(49)45-25-31-13-7-6-12-30(31)22-33(45)26-47)53-43(27)36-15-8-9-16-37(36)46(42(43)51)24-29-11-10-14-32(21-29)44-41(50)28(2)48/h6-21,27-28,33,38,40,47-48H,22-26H2,1-5H3,(H,44,50)/t27-,28-,33-,38+,40-,43+/m0/s1. The molecule has 1 spiro atoms. The summed E-state index contributed by atoms with van der Waals surface area (Å²) in [5.41, 5.74) is 3.56. The second-order valence-electron chi connectivity index (χ2n) is 15.5. The number of nitrogens with zero attached hydrogens (tertiary/aromatic N) is 2. The highest BCUT2D eigenvalue weighted by Gasteiger charge is 2.66. The van der Waals surface area contributed by atoms with Gasteiger partial charge in [-0.2, -0.15) is 0 Å². The summed E-state index contributed by atoms with van der Waals surface area (Å²) in [6.45, 7) is 8.58. The first-order valence-corrected chi connectivity index (χ1v) is 21.8. The molecule has 0 bridgehead atoms. The van der Waals surface area contributed by atoms with Gasteiger partial charge in [0.2, 0.25) is 5.91 Å². The van der Waals surface area contributed by atoms with Crippen molar-refractivity contribution >= 4 is 42.4 Å². The Morgan fingerprint density at radius 1 is 1.00 bits per heavy atom. The summed E-state index contributed by atoms with van der Waals surface area (Å²) in [6.07, 6.45) is -1.10. The van der Waals surface area contributed by atoms with Crippen LogP contribution in [0, 0.1) is 5.92 Å². The van der Waals surface area contributed by atoms with E-state index < -0.39 is 31.8 Å². The zero-order valence-corrected chi connectivity index (χ0v) is 32.5. The normalized spacial score (nSPS) is 23.9. The molecule has 4 aromatic rings. The van der Waals surface area contributed by atoms with Gasteiger partial charge in [0.25, 0.3) is 11.8 Å². The van der Waals surface area contributed by atoms with E-state index in [9.17, 15) is 19.8 Å². The Kier molecular flexibility index (Phi) is 10.3. The molecule has 1 fully saturated rings. The zero-order valence-electron chi connectivity index (χ0n) is 31.5. The lowest BCUT2D eigenvalue weighted by Gasteiger charge is -2.39. The number of carbonyl (C=O) groups excluding carboxylic acids is 3. The van der Waals surface area contributed by atoms with Crippen molar-refractivity contribution in [3.63, 3.8) is 0 Å². The maximum Gasteiger partial charge on any atom is 0.264 e. The number of amides is 3. The Morgan fingerprint density at radius 2 is 1.70 bits per heavy atom. The molecular formula is C43H49N3O7Si. The number of anilines is 2. The molecule has 11 heteroatoms. The fourth-order valence-corrected chi connectivity index (χ4v) is 13.1. The molecular weight excluding hydrogens is 699 g/mol. The van der Waals surface area contributed by atoms with Gasteiger partial charge in [0.1, 0.15) is 11.9 Å². The van der Waals surface area contributed by atoms with Crippen LogP contribution in [0.25, 0.3) is 0 Å².